The molecule has 0 aliphatic heterocycles. The minimum atomic E-state index is -4.41. The number of aliphatic hydroxyl groups is 1. The van der Waals surface area contributed by atoms with Crippen molar-refractivity contribution in [1.82, 2.24) is 0 Å². The molecule has 0 aliphatic rings. The molecule has 0 aromatic rings. The first-order valence-electron chi connectivity index (χ1n) is 9.56. The van der Waals surface area contributed by atoms with E-state index in [-0.39, 0.29) is 29.6 Å². The maximum atomic E-state index is 11.4. The van der Waals surface area contributed by atoms with Gasteiger partial charge in [-0.3, -0.25) is 0 Å². The molecule has 0 radical (unpaired) electrons. The van der Waals surface area contributed by atoms with Gasteiger partial charge < -0.3 is 9.66 Å². The first-order chi connectivity index (χ1) is 10.9. The zero-order chi connectivity index (χ0) is 17.6. The van der Waals surface area contributed by atoms with Gasteiger partial charge in [-0.25, -0.2) is 8.42 Å². The topological polar surface area (TPSA) is 77.4 Å². The van der Waals surface area contributed by atoms with Gasteiger partial charge in [0.15, 0.2) is 0 Å². The molecule has 0 saturated heterocycles. The predicted molar refractivity (Wildman–Crippen MR) is 95.5 cm³/mol. The van der Waals surface area contributed by atoms with Crippen LogP contribution >= 0.6 is 0 Å². The summed E-state index contributed by atoms with van der Waals surface area (Å²) in [5.41, 5.74) is 0. The van der Waals surface area contributed by atoms with E-state index in [9.17, 15) is 18.1 Å². The van der Waals surface area contributed by atoms with Gasteiger partial charge in [0.05, 0.1) is 11.4 Å². The Hall–Kier alpha value is 0.870. The molecule has 0 saturated carbocycles. The van der Waals surface area contributed by atoms with Crippen LogP contribution in [0.25, 0.3) is 0 Å². The van der Waals surface area contributed by atoms with Crippen molar-refractivity contribution in [3.8, 4) is 0 Å². The van der Waals surface area contributed by atoms with Crippen LogP contribution in [0.15, 0.2) is 0 Å². The van der Waals surface area contributed by atoms with Gasteiger partial charge >= 0.3 is 29.6 Å². The van der Waals surface area contributed by atoms with E-state index in [1.54, 1.807) is 0 Å². The number of unbranched alkanes of at least 4 members (excludes halogenated alkanes) is 10. The number of hydrogen-bond acceptors (Lipinski definition) is 4. The maximum absolute atomic E-state index is 11.4. The van der Waals surface area contributed by atoms with E-state index in [0.29, 0.717) is 19.3 Å². The molecule has 0 bridgehead atoms. The largest absolute Gasteiger partial charge is 1.00 e. The fourth-order valence-electron chi connectivity index (χ4n) is 2.97. The van der Waals surface area contributed by atoms with E-state index in [1.807, 2.05) is 0 Å². The molecule has 0 aromatic carbocycles. The van der Waals surface area contributed by atoms with E-state index in [2.05, 4.69) is 13.8 Å². The van der Waals surface area contributed by atoms with Gasteiger partial charge in [-0.1, -0.05) is 90.9 Å². The summed E-state index contributed by atoms with van der Waals surface area (Å²) in [4.78, 5) is 0. The van der Waals surface area contributed by atoms with Crippen LogP contribution in [-0.4, -0.2) is 29.4 Å². The van der Waals surface area contributed by atoms with Crippen molar-refractivity contribution in [2.45, 2.75) is 115 Å². The molecule has 0 rings (SSSR count). The fourth-order valence-corrected chi connectivity index (χ4v) is 3.95. The zero-order valence-corrected chi connectivity index (χ0v) is 19.0. The summed E-state index contributed by atoms with van der Waals surface area (Å²) < 4.78 is 34.2. The molecule has 4 nitrogen and oxygen atoms in total. The molecule has 0 fully saturated rings. The third-order valence-corrected chi connectivity index (χ3v) is 5.79. The Labute approximate surface area is 172 Å². The Kier molecular flexibility index (Phi) is 19.5. The first-order valence-corrected chi connectivity index (χ1v) is 11.0. The van der Waals surface area contributed by atoms with Crippen molar-refractivity contribution < 1.29 is 47.6 Å². The van der Waals surface area contributed by atoms with Gasteiger partial charge in [0.2, 0.25) is 0 Å². The number of rotatable bonds is 16. The third kappa shape index (κ3) is 15.2. The van der Waals surface area contributed by atoms with Crippen LogP contribution in [0.3, 0.4) is 0 Å². The SMILES string of the molecule is CCCCCCCCCC(C(O)CCCCCCC)S(=O)(=O)[O-].[Na+]. The Morgan fingerprint density at radius 2 is 1.12 bits per heavy atom. The Morgan fingerprint density at radius 3 is 1.54 bits per heavy atom. The maximum Gasteiger partial charge on any atom is 1.00 e. The van der Waals surface area contributed by atoms with E-state index >= 15 is 0 Å². The molecule has 0 aliphatic carbocycles. The van der Waals surface area contributed by atoms with Crippen molar-refractivity contribution in [2.75, 3.05) is 0 Å². The van der Waals surface area contributed by atoms with Crippen LogP contribution in [0.2, 0.25) is 0 Å². The normalized spacial score (nSPS) is 14.2. The molecule has 0 spiro atoms. The van der Waals surface area contributed by atoms with E-state index in [1.165, 1.54) is 25.7 Å². The van der Waals surface area contributed by atoms with Crippen molar-refractivity contribution in [3.63, 3.8) is 0 Å². The van der Waals surface area contributed by atoms with Crippen LogP contribution in [0, 0.1) is 0 Å². The van der Waals surface area contributed by atoms with Crippen molar-refractivity contribution in [3.05, 3.63) is 0 Å². The van der Waals surface area contributed by atoms with E-state index in [0.717, 1.165) is 44.9 Å². The summed E-state index contributed by atoms with van der Waals surface area (Å²) >= 11 is 0. The van der Waals surface area contributed by atoms with Crippen LogP contribution in [0.4, 0.5) is 0 Å². The smallest absolute Gasteiger partial charge is 0.748 e. The Bertz CT molecular complexity index is 360. The summed E-state index contributed by atoms with van der Waals surface area (Å²) in [6.45, 7) is 4.31. The van der Waals surface area contributed by atoms with Gasteiger partial charge in [0.25, 0.3) is 0 Å². The summed E-state index contributed by atoms with van der Waals surface area (Å²) in [5, 5.41) is 8.97. The van der Waals surface area contributed by atoms with Crippen molar-refractivity contribution in [1.29, 1.82) is 0 Å². The van der Waals surface area contributed by atoms with Crippen molar-refractivity contribution >= 4 is 10.1 Å². The van der Waals surface area contributed by atoms with Crippen LogP contribution in [0.5, 0.6) is 0 Å². The van der Waals surface area contributed by atoms with Gasteiger partial charge in [-0.2, -0.15) is 0 Å². The molecule has 0 amide bonds. The van der Waals surface area contributed by atoms with Crippen LogP contribution in [0.1, 0.15) is 104 Å². The minimum Gasteiger partial charge on any atom is -0.748 e. The summed E-state index contributed by atoms with van der Waals surface area (Å²) in [7, 11) is -4.41. The first kappa shape index (κ1) is 27.1. The molecule has 2 unspecified atom stereocenters. The number of aliphatic hydroxyl groups excluding tert-OH is 1. The fraction of sp³-hybridized carbons (Fsp3) is 1.00. The Morgan fingerprint density at radius 1 is 0.750 bits per heavy atom. The van der Waals surface area contributed by atoms with E-state index < -0.39 is 21.5 Å². The second-order valence-corrected chi connectivity index (χ2v) is 8.30. The summed E-state index contributed by atoms with van der Waals surface area (Å²) in [5.74, 6) is 0. The molecule has 140 valence electrons. The van der Waals surface area contributed by atoms with Gasteiger partial charge in [-0.05, 0) is 12.8 Å². The van der Waals surface area contributed by atoms with Crippen molar-refractivity contribution in [2.24, 2.45) is 0 Å². The third-order valence-electron chi connectivity index (χ3n) is 4.50. The molecule has 0 heterocycles. The molecule has 2 atom stereocenters. The van der Waals surface area contributed by atoms with Gasteiger partial charge in [0, 0.05) is 0 Å². The van der Waals surface area contributed by atoms with Crippen LogP contribution < -0.4 is 29.6 Å². The molecular weight excluding hydrogens is 335 g/mol. The average molecular weight is 373 g/mol. The predicted octanol–water partition coefficient (Wildman–Crippen LogP) is 1.77. The van der Waals surface area contributed by atoms with Crippen LogP contribution in [-0.2, 0) is 10.1 Å². The summed E-state index contributed by atoms with van der Waals surface area (Å²) in [6.07, 6.45) is 12.5. The zero-order valence-electron chi connectivity index (χ0n) is 16.1. The monoisotopic (exact) mass is 372 g/mol. The Balaban J connectivity index is 0. The summed E-state index contributed by atoms with van der Waals surface area (Å²) in [6, 6.07) is 0. The average Bonchev–Trinajstić information content (AvgIpc) is 2.48. The molecular formula is C18H37NaO4S. The van der Waals surface area contributed by atoms with Gasteiger partial charge in [0.1, 0.15) is 10.1 Å². The molecule has 0 aromatic heterocycles. The molecule has 6 heteroatoms. The molecule has 1 N–H and O–H groups in total. The van der Waals surface area contributed by atoms with E-state index in [4.69, 9.17) is 0 Å². The second kappa shape index (κ2) is 17.3. The second-order valence-electron chi connectivity index (χ2n) is 6.71. The standard InChI is InChI=1S/C18H38O4S.Na/c1-3-5-7-9-10-12-14-16-18(23(20,21)22)17(19)15-13-11-8-6-4-2;/h17-19H,3-16H2,1-2H3,(H,20,21,22);/q;+1/p-1. The number of hydrogen-bond donors (Lipinski definition) is 1. The minimum absolute atomic E-state index is 0. The molecule has 24 heavy (non-hydrogen) atoms. The quantitative estimate of drug-likeness (QED) is 0.254. The van der Waals surface area contributed by atoms with Gasteiger partial charge in [-0.15, -0.1) is 0 Å².